The van der Waals surface area contributed by atoms with Crippen LogP contribution in [0.25, 0.3) is 0 Å². The van der Waals surface area contributed by atoms with Gasteiger partial charge in [-0.25, -0.2) is 17.5 Å². The highest BCUT2D eigenvalue weighted by Crippen LogP contribution is 2.19. The van der Waals surface area contributed by atoms with Crippen molar-refractivity contribution in [3.8, 4) is 0 Å². The molecule has 0 radical (unpaired) electrons. The predicted molar refractivity (Wildman–Crippen MR) is 120 cm³/mol. The molecule has 0 fully saturated rings. The number of aryl methyl sites for hydroxylation is 1. The largest absolute Gasteiger partial charge is 0.315 e. The van der Waals surface area contributed by atoms with E-state index in [2.05, 4.69) is 4.72 Å². The third-order valence-electron chi connectivity index (χ3n) is 5.08. The summed E-state index contributed by atoms with van der Waals surface area (Å²) < 4.78 is 41.1. The molecule has 3 rings (SSSR count). The Balaban J connectivity index is 1.59. The number of hydrogen-bond acceptors (Lipinski definition) is 3. The number of rotatable bonds is 8. The van der Waals surface area contributed by atoms with Crippen molar-refractivity contribution in [1.82, 2.24) is 4.72 Å². The van der Waals surface area contributed by atoms with Crippen molar-refractivity contribution < 1.29 is 17.6 Å². The number of nitrogens with one attached hydrogen (secondary N) is 1. The standard InChI is InChI=1S/C24H25FN2O3S/c1-18(20-6-4-3-5-7-20)26-31(29,30)23-15-8-19(9-16-23)10-17-24(28)27(2)22-13-11-21(25)12-14-22/h3-9,11-16,18,26H,10,17H2,1-2H3/t18-/m1/s1. The second kappa shape index (κ2) is 9.85. The van der Waals surface area contributed by atoms with Crippen LogP contribution < -0.4 is 9.62 Å². The maximum Gasteiger partial charge on any atom is 0.241 e. The number of anilines is 1. The Morgan fingerprint density at radius 2 is 1.58 bits per heavy atom. The fourth-order valence-corrected chi connectivity index (χ4v) is 4.41. The van der Waals surface area contributed by atoms with Crippen molar-refractivity contribution in [2.75, 3.05) is 11.9 Å². The molecule has 0 aliphatic carbocycles. The first-order valence-electron chi connectivity index (χ1n) is 9.94. The minimum atomic E-state index is -3.66. The van der Waals surface area contributed by atoms with E-state index in [9.17, 15) is 17.6 Å². The molecular weight excluding hydrogens is 415 g/mol. The van der Waals surface area contributed by atoms with E-state index in [4.69, 9.17) is 0 Å². The number of nitrogens with zero attached hydrogens (tertiary/aromatic N) is 1. The molecule has 0 aromatic heterocycles. The zero-order valence-electron chi connectivity index (χ0n) is 17.5. The lowest BCUT2D eigenvalue weighted by molar-refractivity contribution is -0.118. The number of benzene rings is 3. The molecule has 0 saturated carbocycles. The van der Waals surface area contributed by atoms with E-state index in [1.165, 1.54) is 17.0 Å². The van der Waals surface area contributed by atoms with E-state index in [1.807, 2.05) is 30.3 Å². The van der Waals surface area contributed by atoms with Crippen LogP contribution >= 0.6 is 0 Å². The van der Waals surface area contributed by atoms with E-state index >= 15 is 0 Å². The molecule has 0 unspecified atom stereocenters. The van der Waals surface area contributed by atoms with Gasteiger partial charge in [0.2, 0.25) is 15.9 Å². The number of carbonyl (C=O) groups excluding carboxylic acids is 1. The highest BCUT2D eigenvalue weighted by Gasteiger charge is 2.18. The maximum absolute atomic E-state index is 13.0. The molecule has 31 heavy (non-hydrogen) atoms. The van der Waals surface area contributed by atoms with Gasteiger partial charge in [-0.3, -0.25) is 4.79 Å². The molecule has 1 atom stereocenters. The number of sulfonamides is 1. The smallest absolute Gasteiger partial charge is 0.241 e. The van der Waals surface area contributed by atoms with E-state index in [1.54, 1.807) is 50.4 Å². The molecule has 0 aliphatic heterocycles. The van der Waals surface area contributed by atoms with Gasteiger partial charge in [-0.1, -0.05) is 42.5 Å². The second-order valence-electron chi connectivity index (χ2n) is 7.33. The average Bonchev–Trinajstić information content (AvgIpc) is 2.78. The highest BCUT2D eigenvalue weighted by molar-refractivity contribution is 7.89. The topological polar surface area (TPSA) is 66.5 Å². The summed E-state index contributed by atoms with van der Waals surface area (Å²) in [4.78, 5) is 14.1. The van der Waals surface area contributed by atoms with Gasteiger partial charge in [0, 0.05) is 25.2 Å². The van der Waals surface area contributed by atoms with Gasteiger partial charge in [0.25, 0.3) is 0 Å². The Labute approximate surface area is 182 Å². The first-order chi connectivity index (χ1) is 14.8. The third kappa shape index (κ3) is 5.99. The summed E-state index contributed by atoms with van der Waals surface area (Å²) in [5.41, 5.74) is 2.36. The van der Waals surface area contributed by atoms with Crippen LogP contribution in [0.1, 0.15) is 30.5 Å². The Kier molecular flexibility index (Phi) is 7.20. The normalized spacial score (nSPS) is 12.4. The van der Waals surface area contributed by atoms with Crippen LogP contribution in [-0.2, 0) is 21.2 Å². The maximum atomic E-state index is 13.0. The first kappa shape index (κ1) is 22.7. The lowest BCUT2D eigenvalue weighted by Gasteiger charge is -2.17. The molecule has 1 N–H and O–H groups in total. The zero-order chi connectivity index (χ0) is 22.4. The van der Waals surface area contributed by atoms with Gasteiger partial charge in [0.15, 0.2) is 0 Å². The molecular formula is C24H25FN2O3S. The molecule has 5 nitrogen and oxygen atoms in total. The number of hydrogen-bond donors (Lipinski definition) is 1. The SMILES string of the molecule is C[C@@H](NS(=O)(=O)c1ccc(CCC(=O)N(C)c2ccc(F)cc2)cc1)c1ccccc1. The Morgan fingerprint density at radius 3 is 2.19 bits per heavy atom. The Hall–Kier alpha value is -3.03. The van der Waals surface area contributed by atoms with E-state index in [0.717, 1.165) is 11.1 Å². The summed E-state index contributed by atoms with van der Waals surface area (Å²) in [5, 5.41) is 0. The molecule has 0 spiro atoms. The first-order valence-corrected chi connectivity index (χ1v) is 11.4. The molecule has 3 aromatic rings. The van der Waals surface area contributed by atoms with Crippen molar-refractivity contribution >= 4 is 21.6 Å². The van der Waals surface area contributed by atoms with Crippen molar-refractivity contribution in [3.63, 3.8) is 0 Å². The van der Waals surface area contributed by atoms with Crippen LogP contribution in [0.4, 0.5) is 10.1 Å². The fraction of sp³-hybridized carbons (Fsp3) is 0.208. The van der Waals surface area contributed by atoms with Gasteiger partial charge in [0.1, 0.15) is 5.82 Å². The van der Waals surface area contributed by atoms with Crippen LogP contribution in [0.2, 0.25) is 0 Å². The molecule has 0 bridgehead atoms. The molecule has 0 aliphatic rings. The molecule has 162 valence electrons. The molecule has 0 saturated heterocycles. The summed E-state index contributed by atoms with van der Waals surface area (Å²) in [7, 11) is -2.02. The van der Waals surface area contributed by atoms with Gasteiger partial charge < -0.3 is 4.90 Å². The van der Waals surface area contributed by atoms with E-state index < -0.39 is 10.0 Å². The quantitative estimate of drug-likeness (QED) is 0.562. The summed E-state index contributed by atoms with van der Waals surface area (Å²) in [6, 6.07) is 21.2. The van der Waals surface area contributed by atoms with Crippen LogP contribution in [-0.4, -0.2) is 21.4 Å². The molecule has 0 heterocycles. The molecule has 1 amide bonds. The second-order valence-corrected chi connectivity index (χ2v) is 9.04. The predicted octanol–water partition coefficient (Wildman–Crippen LogP) is 4.46. The molecule has 7 heteroatoms. The minimum absolute atomic E-state index is 0.110. The molecule has 3 aromatic carbocycles. The summed E-state index contributed by atoms with van der Waals surface area (Å²) in [6.07, 6.45) is 0.724. The lowest BCUT2D eigenvalue weighted by atomic mass is 10.1. The van der Waals surface area contributed by atoms with Gasteiger partial charge in [0.05, 0.1) is 4.90 Å². The van der Waals surface area contributed by atoms with Crippen LogP contribution in [0.5, 0.6) is 0 Å². The lowest BCUT2D eigenvalue weighted by Crippen LogP contribution is -2.27. The van der Waals surface area contributed by atoms with Crippen molar-refractivity contribution in [3.05, 3.63) is 95.8 Å². The Bertz CT molecular complexity index is 1120. The van der Waals surface area contributed by atoms with E-state index in [-0.39, 0.29) is 29.1 Å². The zero-order valence-corrected chi connectivity index (χ0v) is 18.3. The fourth-order valence-electron chi connectivity index (χ4n) is 3.17. The monoisotopic (exact) mass is 440 g/mol. The van der Waals surface area contributed by atoms with Gasteiger partial charge in [-0.05, 0) is 60.9 Å². The van der Waals surface area contributed by atoms with Crippen molar-refractivity contribution in [2.45, 2.75) is 30.7 Å². The van der Waals surface area contributed by atoms with Gasteiger partial charge >= 0.3 is 0 Å². The third-order valence-corrected chi connectivity index (χ3v) is 6.64. The minimum Gasteiger partial charge on any atom is -0.315 e. The number of amides is 1. The van der Waals surface area contributed by atoms with Crippen molar-refractivity contribution in [1.29, 1.82) is 0 Å². The van der Waals surface area contributed by atoms with Crippen LogP contribution in [0.3, 0.4) is 0 Å². The van der Waals surface area contributed by atoms with Crippen LogP contribution in [0.15, 0.2) is 83.8 Å². The summed E-state index contributed by atoms with van der Waals surface area (Å²) in [6.45, 7) is 1.80. The number of carbonyl (C=O) groups is 1. The van der Waals surface area contributed by atoms with Gasteiger partial charge in [-0.2, -0.15) is 0 Å². The highest BCUT2D eigenvalue weighted by atomic mass is 32.2. The van der Waals surface area contributed by atoms with Crippen molar-refractivity contribution in [2.24, 2.45) is 0 Å². The van der Waals surface area contributed by atoms with Crippen LogP contribution in [0, 0.1) is 5.82 Å². The van der Waals surface area contributed by atoms with Gasteiger partial charge in [-0.15, -0.1) is 0 Å². The summed E-state index contributed by atoms with van der Waals surface area (Å²) >= 11 is 0. The average molecular weight is 441 g/mol. The summed E-state index contributed by atoms with van der Waals surface area (Å²) in [5.74, 6) is -0.464. The Morgan fingerprint density at radius 1 is 0.968 bits per heavy atom. The number of halogens is 1. The van der Waals surface area contributed by atoms with E-state index in [0.29, 0.717) is 12.1 Å².